The molecule has 0 radical (unpaired) electrons. The van der Waals surface area contributed by atoms with Crippen molar-refractivity contribution in [1.82, 2.24) is 42.2 Å². The summed E-state index contributed by atoms with van der Waals surface area (Å²) in [6, 6.07) is 11.4. The number of rotatable bonds is 36. The highest BCUT2D eigenvalue weighted by Gasteiger charge is 2.35. The number of primary amides is 5. The van der Waals surface area contributed by atoms with E-state index in [4.69, 9.17) is 34.4 Å². The fourth-order valence-electron chi connectivity index (χ4n) is 8.44. The van der Waals surface area contributed by atoms with Crippen LogP contribution in [0, 0.1) is 0 Å². The summed E-state index contributed by atoms with van der Waals surface area (Å²) >= 11 is 0. The number of carbonyl (C=O) groups excluding carboxylic acids is 12. The summed E-state index contributed by atoms with van der Waals surface area (Å²) in [7, 11) is 0. The van der Waals surface area contributed by atoms with Gasteiger partial charge in [-0.15, -0.1) is 0 Å². The molecule has 1 heterocycles. The van der Waals surface area contributed by atoms with Crippen LogP contribution >= 0.6 is 0 Å². The molecule has 28 nitrogen and oxygen atoms in total. The van der Waals surface area contributed by atoms with E-state index in [-0.39, 0.29) is 44.9 Å². The van der Waals surface area contributed by atoms with E-state index in [9.17, 15) is 67.4 Å². The van der Waals surface area contributed by atoms with Crippen LogP contribution in [0.3, 0.4) is 0 Å². The third kappa shape index (κ3) is 22.2. The number of hydrogen-bond donors (Lipinski definition) is 15. The lowest BCUT2D eigenvalue weighted by Crippen LogP contribution is -2.61. The molecule has 0 unspecified atom stereocenters. The lowest BCUT2D eigenvalue weighted by atomic mass is 10.0. The number of aromatic nitrogens is 1. The van der Waals surface area contributed by atoms with Crippen molar-refractivity contribution in [3.05, 3.63) is 108 Å². The number of hydrogen-bond acceptors (Lipinski definition) is 14. The van der Waals surface area contributed by atoms with Crippen LogP contribution in [-0.2, 0) is 81.6 Å². The van der Waals surface area contributed by atoms with Crippen LogP contribution in [0.4, 0.5) is 0 Å². The number of amides is 12. The summed E-state index contributed by atoms with van der Waals surface area (Å²) in [5.74, 6) is -13.1. The van der Waals surface area contributed by atoms with Gasteiger partial charge in [0, 0.05) is 62.0 Å². The zero-order valence-electron chi connectivity index (χ0n) is 44.7. The van der Waals surface area contributed by atoms with Gasteiger partial charge in [-0.1, -0.05) is 78.9 Å². The van der Waals surface area contributed by atoms with Crippen LogP contribution < -0.4 is 71.6 Å². The largest absolute Gasteiger partial charge is 0.481 e. The molecular formula is C54H70N14O14. The first kappa shape index (κ1) is 64.8. The molecule has 440 valence electrons. The van der Waals surface area contributed by atoms with Gasteiger partial charge in [-0.25, -0.2) is 0 Å². The minimum Gasteiger partial charge on any atom is -0.481 e. The lowest BCUT2D eigenvalue weighted by molar-refractivity contribution is -0.139. The number of carboxylic acid groups (broad SMARTS) is 1. The van der Waals surface area contributed by atoms with E-state index in [0.717, 1.165) is 5.56 Å². The third-order valence-corrected chi connectivity index (χ3v) is 12.8. The van der Waals surface area contributed by atoms with Crippen LogP contribution in [-0.4, -0.2) is 135 Å². The summed E-state index contributed by atoms with van der Waals surface area (Å²) in [6.45, 7) is 0. The highest BCUT2D eigenvalue weighted by atomic mass is 16.4. The second-order valence-corrected chi connectivity index (χ2v) is 19.3. The first-order chi connectivity index (χ1) is 38.9. The number of nitrogens with two attached hydrogens (primary N) is 6. The summed E-state index contributed by atoms with van der Waals surface area (Å²) in [5, 5.41) is 27.6. The van der Waals surface area contributed by atoms with Gasteiger partial charge in [0.2, 0.25) is 70.9 Å². The van der Waals surface area contributed by atoms with Gasteiger partial charge >= 0.3 is 5.97 Å². The molecule has 0 saturated carbocycles. The van der Waals surface area contributed by atoms with Gasteiger partial charge in [-0.2, -0.15) is 0 Å². The van der Waals surface area contributed by atoms with Crippen LogP contribution in [0.25, 0.3) is 10.9 Å². The van der Waals surface area contributed by atoms with E-state index in [1.807, 2.05) is 0 Å². The van der Waals surface area contributed by atoms with Crippen LogP contribution in [0.15, 0.2) is 91.1 Å². The number of fused-ring (bicyclic) bond motifs is 1. The van der Waals surface area contributed by atoms with Crippen LogP contribution in [0.2, 0.25) is 0 Å². The number of benzene rings is 3. The minimum atomic E-state index is -1.78. The van der Waals surface area contributed by atoms with E-state index in [1.54, 1.807) is 91.1 Å². The zero-order chi connectivity index (χ0) is 60.5. The maximum Gasteiger partial charge on any atom is 0.303 e. The Balaban J connectivity index is 1.67. The van der Waals surface area contributed by atoms with E-state index in [0.29, 0.717) is 22.0 Å². The molecule has 3 aromatic carbocycles. The number of para-hydroxylation sites is 1. The predicted octanol–water partition coefficient (Wildman–Crippen LogP) is -3.67. The van der Waals surface area contributed by atoms with Crippen molar-refractivity contribution in [3.8, 4) is 0 Å². The highest BCUT2D eigenvalue weighted by Crippen LogP contribution is 2.20. The van der Waals surface area contributed by atoms with Gasteiger partial charge in [0.05, 0.1) is 6.04 Å². The number of aliphatic carboxylic acids is 1. The summed E-state index contributed by atoms with van der Waals surface area (Å²) in [5.41, 5.74) is 35.4. The normalized spacial score (nSPS) is 13.9. The van der Waals surface area contributed by atoms with E-state index in [1.165, 1.54) is 0 Å². The molecule has 4 rings (SSSR count). The third-order valence-electron chi connectivity index (χ3n) is 12.8. The van der Waals surface area contributed by atoms with Gasteiger partial charge in [0.1, 0.15) is 42.3 Å². The molecule has 0 aliphatic carbocycles. The van der Waals surface area contributed by atoms with Crippen molar-refractivity contribution in [2.75, 3.05) is 0 Å². The molecule has 82 heavy (non-hydrogen) atoms. The lowest BCUT2D eigenvalue weighted by Gasteiger charge is -2.28. The quantitative estimate of drug-likeness (QED) is 0.0209. The Morgan fingerprint density at radius 2 is 0.720 bits per heavy atom. The van der Waals surface area contributed by atoms with Gasteiger partial charge < -0.3 is 81.7 Å². The molecule has 0 aliphatic rings. The van der Waals surface area contributed by atoms with Crippen molar-refractivity contribution in [2.45, 2.75) is 132 Å². The van der Waals surface area contributed by atoms with Gasteiger partial charge in [-0.05, 0) is 61.3 Å². The molecule has 0 fully saturated rings. The maximum atomic E-state index is 14.7. The molecule has 0 saturated heterocycles. The van der Waals surface area contributed by atoms with Gasteiger partial charge in [0.15, 0.2) is 0 Å². The second-order valence-electron chi connectivity index (χ2n) is 19.3. The Bertz CT molecular complexity index is 2940. The number of nitrogens with one attached hydrogen (secondary N) is 8. The summed E-state index contributed by atoms with van der Waals surface area (Å²) < 4.78 is 0. The number of carboxylic acids is 1. The Kier molecular flexibility index (Phi) is 25.6. The molecule has 0 spiro atoms. The first-order valence-corrected chi connectivity index (χ1v) is 26.1. The maximum absolute atomic E-state index is 14.7. The number of H-pyrrole nitrogens is 1. The monoisotopic (exact) mass is 1140 g/mol. The van der Waals surface area contributed by atoms with E-state index < -0.39 is 164 Å². The number of aromatic amines is 1. The standard InChI is InChI=1S/C54H70N14O14/c55-33(25-29-9-3-1-4-10-29)48(76)63-36(16-21-43(57)70)51(79)68-41(27-31-28-61-34-14-8-7-13-32(31)34)54(82)65-38(18-23-45(59)72)52(80)67-40(26-30-11-5-2-6-12-30)53(81)66-39(19-24-46(73)74)50(78)64-37(17-22-44(58)71)49(77)62-35(47(60)75)15-20-42(56)69/h1-14,28,33,35-41,61H,15-27,55H2,(H2,56,69)(H2,57,70)(H2,58,71)(H2,59,72)(H2,60,75)(H,62,77)(H,63,76)(H,64,78)(H,65,82)(H,66,81)(H,67,80)(H,68,79)(H,73,74)/t33-,35-,36-,37-,38-,39-,40-,41-/m0/s1. The fourth-order valence-corrected chi connectivity index (χ4v) is 8.44. The van der Waals surface area contributed by atoms with Crippen molar-refractivity contribution >= 4 is 87.8 Å². The zero-order valence-corrected chi connectivity index (χ0v) is 44.7. The van der Waals surface area contributed by atoms with E-state index in [2.05, 4.69) is 42.2 Å². The molecule has 21 N–H and O–H groups in total. The molecule has 1 aromatic heterocycles. The average molecular weight is 1140 g/mol. The Labute approximate surface area is 470 Å². The van der Waals surface area contributed by atoms with Crippen molar-refractivity contribution in [1.29, 1.82) is 0 Å². The molecule has 12 amide bonds. The van der Waals surface area contributed by atoms with Crippen molar-refractivity contribution in [3.63, 3.8) is 0 Å². The van der Waals surface area contributed by atoms with Crippen LogP contribution in [0.1, 0.15) is 80.9 Å². The van der Waals surface area contributed by atoms with Crippen LogP contribution in [0.5, 0.6) is 0 Å². The summed E-state index contributed by atoms with van der Waals surface area (Å²) in [6.07, 6.45) is -3.60. The SMILES string of the molecule is NC(=O)CC[C@H](NC(=O)[C@H](CCC(N)=O)NC(=O)[C@H](CCC(=O)O)NC(=O)[C@H](Cc1ccccc1)NC(=O)[C@H](CCC(N)=O)NC(=O)[C@H](Cc1c[nH]c2ccccc12)NC(=O)[C@H](CCC(N)=O)NC(=O)[C@@H](N)Cc1ccccc1)C(N)=O. The Morgan fingerprint density at radius 3 is 1.13 bits per heavy atom. The smallest absolute Gasteiger partial charge is 0.303 e. The molecule has 28 heteroatoms. The number of carbonyl (C=O) groups is 13. The molecule has 0 aliphatic heterocycles. The highest BCUT2D eigenvalue weighted by molar-refractivity contribution is 5.99. The van der Waals surface area contributed by atoms with E-state index >= 15 is 0 Å². The average Bonchev–Trinajstić information content (AvgIpc) is 3.98. The van der Waals surface area contributed by atoms with Gasteiger partial charge in [-0.3, -0.25) is 62.3 Å². The second kappa shape index (κ2) is 32.4. The van der Waals surface area contributed by atoms with Gasteiger partial charge in [0.25, 0.3) is 0 Å². The molecule has 4 aromatic rings. The van der Waals surface area contributed by atoms with Crippen molar-refractivity contribution in [2.24, 2.45) is 34.4 Å². The Morgan fingerprint density at radius 1 is 0.390 bits per heavy atom. The molecular weight excluding hydrogens is 1070 g/mol. The summed E-state index contributed by atoms with van der Waals surface area (Å²) in [4.78, 5) is 174. The topological polar surface area (TPSA) is 498 Å². The molecule has 8 atom stereocenters. The molecule has 0 bridgehead atoms. The Hall–Kier alpha value is -9.73. The predicted molar refractivity (Wildman–Crippen MR) is 294 cm³/mol. The first-order valence-electron chi connectivity index (χ1n) is 26.1. The van der Waals surface area contributed by atoms with Crippen molar-refractivity contribution < 1.29 is 67.4 Å². The minimum absolute atomic E-state index is 0.0790. The fraction of sp³-hybridized carbons (Fsp3) is 0.389.